The molecule has 0 fully saturated rings. The number of carbonyl (C=O) groups is 1. The summed E-state index contributed by atoms with van der Waals surface area (Å²) < 4.78 is 1.35. The Kier molecular flexibility index (Phi) is 2.95. The highest BCUT2D eigenvalue weighted by Crippen LogP contribution is 2.42. The van der Waals surface area contributed by atoms with Gasteiger partial charge in [0.2, 0.25) is 11.6 Å². The molecule has 0 saturated carbocycles. The second-order valence-electron chi connectivity index (χ2n) is 6.87. The van der Waals surface area contributed by atoms with Crippen LogP contribution in [0.3, 0.4) is 0 Å². The molecule has 0 bridgehead atoms. The highest BCUT2D eigenvalue weighted by Gasteiger charge is 2.53. The predicted octanol–water partition coefficient (Wildman–Crippen LogP) is 1.55. The number of rotatable bonds is 0. The van der Waals surface area contributed by atoms with E-state index in [-0.39, 0.29) is 17.3 Å². The molecular weight excluding hydrogens is 330 g/mol. The Hall–Kier alpha value is -2.99. The van der Waals surface area contributed by atoms with E-state index in [0.29, 0.717) is 29.4 Å². The molecule has 3 aromatic rings. The zero-order chi connectivity index (χ0) is 18.1. The van der Waals surface area contributed by atoms with Gasteiger partial charge >= 0.3 is 0 Å². The second-order valence-corrected chi connectivity index (χ2v) is 6.87. The van der Waals surface area contributed by atoms with Crippen molar-refractivity contribution in [1.82, 2.24) is 14.5 Å². The first-order valence-electron chi connectivity index (χ1n) is 8.67. The molecule has 0 saturated heterocycles. The van der Waals surface area contributed by atoms with Gasteiger partial charge < -0.3 is 10.0 Å². The van der Waals surface area contributed by atoms with Crippen LogP contribution in [-0.2, 0) is 16.9 Å². The van der Waals surface area contributed by atoms with E-state index >= 15 is 0 Å². The maximum absolute atomic E-state index is 13.1. The van der Waals surface area contributed by atoms with Crippen LogP contribution in [0.1, 0.15) is 29.9 Å². The van der Waals surface area contributed by atoms with Crippen molar-refractivity contribution in [2.24, 2.45) is 0 Å². The van der Waals surface area contributed by atoms with Crippen molar-refractivity contribution in [3.63, 3.8) is 0 Å². The van der Waals surface area contributed by atoms with Crippen LogP contribution in [0.25, 0.3) is 10.9 Å². The Morgan fingerprint density at radius 1 is 1.12 bits per heavy atom. The summed E-state index contributed by atoms with van der Waals surface area (Å²) >= 11 is 0. The van der Waals surface area contributed by atoms with Gasteiger partial charge in [0.15, 0.2) is 5.82 Å². The van der Waals surface area contributed by atoms with Gasteiger partial charge in [-0.15, -0.1) is 0 Å². The lowest BCUT2D eigenvalue weighted by molar-refractivity contribution is -0.168. The maximum Gasteiger partial charge on any atom is 0.262 e. The first kappa shape index (κ1) is 15.3. The number of benzene rings is 2. The van der Waals surface area contributed by atoms with Gasteiger partial charge in [-0.25, -0.2) is 4.98 Å². The standard InChI is InChI=1S/C20H17N3O3/c1-12-17(24)22-11-10-13-6-2-4-8-15(13)20(22,26)19-21-16-9-5-3-7-14(16)18(25)23(12)19/h2-9,12,26H,10-11H2,1H3/t12-,20?/m0/s1. The molecule has 2 aliphatic rings. The summed E-state index contributed by atoms with van der Waals surface area (Å²) in [4.78, 5) is 32.2. The Morgan fingerprint density at radius 3 is 2.69 bits per heavy atom. The second kappa shape index (κ2) is 5.02. The third-order valence-electron chi connectivity index (χ3n) is 5.52. The van der Waals surface area contributed by atoms with Gasteiger partial charge in [0.05, 0.1) is 10.9 Å². The van der Waals surface area contributed by atoms with Crippen molar-refractivity contribution in [2.75, 3.05) is 6.54 Å². The zero-order valence-corrected chi connectivity index (χ0v) is 14.2. The zero-order valence-electron chi connectivity index (χ0n) is 14.2. The lowest BCUT2D eigenvalue weighted by Crippen LogP contribution is -2.62. The number of hydrogen-bond donors (Lipinski definition) is 1. The van der Waals surface area contributed by atoms with Crippen molar-refractivity contribution in [3.05, 3.63) is 75.8 Å². The third kappa shape index (κ3) is 1.72. The number of hydrogen-bond acceptors (Lipinski definition) is 4. The van der Waals surface area contributed by atoms with Crippen LogP contribution in [0.4, 0.5) is 0 Å². The molecule has 0 radical (unpaired) electrons. The molecule has 6 heteroatoms. The van der Waals surface area contributed by atoms with E-state index in [1.807, 2.05) is 18.2 Å². The van der Waals surface area contributed by atoms with Crippen LogP contribution < -0.4 is 5.56 Å². The van der Waals surface area contributed by atoms with Gasteiger partial charge in [-0.2, -0.15) is 0 Å². The Balaban J connectivity index is 1.94. The predicted molar refractivity (Wildman–Crippen MR) is 95.6 cm³/mol. The van der Waals surface area contributed by atoms with E-state index in [1.165, 1.54) is 9.47 Å². The highest BCUT2D eigenvalue weighted by atomic mass is 16.3. The quantitative estimate of drug-likeness (QED) is 0.669. The molecular formula is C20H17N3O3. The van der Waals surface area contributed by atoms with Gasteiger partial charge in [-0.3, -0.25) is 14.2 Å². The van der Waals surface area contributed by atoms with Crippen LogP contribution >= 0.6 is 0 Å². The maximum atomic E-state index is 13.1. The molecule has 0 aliphatic carbocycles. The fourth-order valence-corrected chi connectivity index (χ4v) is 4.22. The summed E-state index contributed by atoms with van der Waals surface area (Å²) in [6.45, 7) is 2.07. The van der Waals surface area contributed by atoms with Crippen molar-refractivity contribution >= 4 is 16.8 Å². The van der Waals surface area contributed by atoms with Gasteiger partial charge in [0.25, 0.3) is 5.56 Å². The fourth-order valence-electron chi connectivity index (χ4n) is 4.22. The number of nitrogens with zero attached hydrogens (tertiary/aromatic N) is 3. The molecule has 2 aliphatic heterocycles. The molecule has 1 aromatic heterocycles. The highest BCUT2D eigenvalue weighted by molar-refractivity contribution is 5.85. The number of carbonyl (C=O) groups excluding carboxylic acids is 1. The monoisotopic (exact) mass is 347 g/mol. The summed E-state index contributed by atoms with van der Waals surface area (Å²) in [5.41, 5.74) is 0.0519. The molecule has 2 aromatic carbocycles. The largest absolute Gasteiger partial charge is 0.361 e. The Bertz CT molecular complexity index is 1140. The van der Waals surface area contributed by atoms with Gasteiger partial charge in [0, 0.05) is 12.1 Å². The van der Waals surface area contributed by atoms with Gasteiger partial charge in [0.1, 0.15) is 6.04 Å². The summed E-state index contributed by atoms with van der Waals surface area (Å²) in [6, 6.07) is 13.8. The smallest absolute Gasteiger partial charge is 0.262 e. The molecule has 5 rings (SSSR count). The van der Waals surface area contributed by atoms with Gasteiger partial charge in [-0.05, 0) is 31.0 Å². The molecule has 130 valence electrons. The van der Waals surface area contributed by atoms with Crippen LogP contribution in [0.5, 0.6) is 0 Å². The molecule has 26 heavy (non-hydrogen) atoms. The normalized spacial score (nSPS) is 24.2. The average molecular weight is 347 g/mol. The minimum Gasteiger partial charge on any atom is -0.361 e. The van der Waals surface area contributed by atoms with Crippen LogP contribution in [-0.4, -0.2) is 32.0 Å². The van der Waals surface area contributed by atoms with E-state index in [0.717, 1.165) is 5.56 Å². The van der Waals surface area contributed by atoms with Crippen molar-refractivity contribution < 1.29 is 9.90 Å². The minimum absolute atomic E-state index is 0.209. The number of fused-ring (bicyclic) bond motifs is 6. The minimum atomic E-state index is -1.73. The number of aromatic nitrogens is 2. The molecule has 1 unspecified atom stereocenters. The number of aliphatic hydroxyl groups is 1. The number of para-hydroxylation sites is 1. The van der Waals surface area contributed by atoms with E-state index in [2.05, 4.69) is 4.98 Å². The van der Waals surface area contributed by atoms with Crippen molar-refractivity contribution in [2.45, 2.75) is 25.1 Å². The number of amides is 1. The van der Waals surface area contributed by atoms with E-state index < -0.39 is 11.8 Å². The Labute approximate surface area is 149 Å². The first-order valence-corrected chi connectivity index (χ1v) is 8.67. The molecule has 1 N–H and O–H groups in total. The molecule has 1 amide bonds. The summed E-state index contributed by atoms with van der Waals surface area (Å²) in [5.74, 6) is -0.0610. The fraction of sp³-hybridized carbons (Fsp3) is 0.250. The van der Waals surface area contributed by atoms with Gasteiger partial charge in [-0.1, -0.05) is 36.4 Å². The summed E-state index contributed by atoms with van der Waals surface area (Å²) in [7, 11) is 0. The molecule has 6 nitrogen and oxygen atoms in total. The lowest BCUT2D eigenvalue weighted by atomic mass is 9.86. The van der Waals surface area contributed by atoms with E-state index in [4.69, 9.17) is 0 Å². The Morgan fingerprint density at radius 2 is 1.85 bits per heavy atom. The van der Waals surface area contributed by atoms with Crippen molar-refractivity contribution in [3.8, 4) is 0 Å². The molecule has 2 atom stereocenters. The first-order chi connectivity index (χ1) is 12.5. The third-order valence-corrected chi connectivity index (χ3v) is 5.52. The van der Waals surface area contributed by atoms with E-state index in [9.17, 15) is 14.7 Å². The van der Waals surface area contributed by atoms with Crippen LogP contribution in [0.2, 0.25) is 0 Å². The lowest BCUT2D eigenvalue weighted by Gasteiger charge is -2.48. The van der Waals surface area contributed by atoms with Crippen molar-refractivity contribution in [1.29, 1.82) is 0 Å². The summed E-state index contributed by atoms with van der Waals surface area (Å²) in [6.07, 6.45) is 0.661. The van der Waals surface area contributed by atoms with Crippen LogP contribution in [0.15, 0.2) is 53.3 Å². The van der Waals surface area contributed by atoms with E-state index in [1.54, 1.807) is 37.3 Å². The topological polar surface area (TPSA) is 75.4 Å². The van der Waals surface area contributed by atoms with Crippen LogP contribution in [0, 0.1) is 0 Å². The molecule has 3 heterocycles. The molecule has 0 spiro atoms. The summed E-state index contributed by atoms with van der Waals surface area (Å²) in [5, 5.41) is 12.2. The average Bonchev–Trinajstić information content (AvgIpc) is 2.66. The SMILES string of the molecule is C[C@H]1C(=O)N2CCc3ccccc3C2(O)c2nc3ccccc3c(=O)n21.